The number of pyridine rings is 1. The lowest BCUT2D eigenvalue weighted by Gasteiger charge is -2.23. The zero-order valence-electron chi connectivity index (χ0n) is 9.96. The van der Waals surface area contributed by atoms with Crippen molar-refractivity contribution < 1.29 is 8.42 Å². The summed E-state index contributed by atoms with van der Waals surface area (Å²) >= 11 is 0. The van der Waals surface area contributed by atoms with Gasteiger partial charge in [-0.2, -0.15) is 5.26 Å². The largest absolute Gasteiger partial charge is 0.310 e. The Balaban J connectivity index is 1.91. The van der Waals surface area contributed by atoms with Crippen molar-refractivity contribution >= 4 is 9.84 Å². The second kappa shape index (κ2) is 5.46. The summed E-state index contributed by atoms with van der Waals surface area (Å²) in [7, 11) is -2.82. The standard InChI is InChI=1S/C12H15N3O2S/c13-8-12-10(2-1-5-14-12)9-15-11-3-6-18(16,17)7-4-11/h1-2,5,11,15H,3-4,6-7,9H2. The van der Waals surface area contributed by atoms with Crippen molar-refractivity contribution in [3.8, 4) is 6.07 Å². The second-order valence-electron chi connectivity index (χ2n) is 4.43. The van der Waals surface area contributed by atoms with Gasteiger partial charge in [0.25, 0.3) is 0 Å². The fourth-order valence-electron chi connectivity index (χ4n) is 2.03. The SMILES string of the molecule is N#Cc1ncccc1CNC1CCS(=O)(=O)CC1. The van der Waals surface area contributed by atoms with E-state index in [0.717, 1.165) is 5.56 Å². The predicted molar refractivity (Wildman–Crippen MR) is 67.5 cm³/mol. The first-order valence-electron chi connectivity index (χ1n) is 5.88. The van der Waals surface area contributed by atoms with Crippen LogP contribution in [-0.2, 0) is 16.4 Å². The Bertz CT molecular complexity index is 549. The van der Waals surface area contributed by atoms with E-state index in [1.807, 2.05) is 12.1 Å². The zero-order valence-corrected chi connectivity index (χ0v) is 10.8. The summed E-state index contributed by atoms with van der Waals surface area (Å²) in [6.45, 7) is 0.557. The lowest BCUT2D eigenvalue weighted by molar-refractivity contribution is 0.462. The molecule has 0 bridgehead atoms. The van der Waals surface area contributed by atoms with E-state index in [4.69, 9.17) is 5.26 Å². The summed E-state index contributed by atoms with van der Waals surface area (Å²) in [6.07, 6.45) is 2.88. The number of hydrogen-bond donors (Lipinski definition) is 1. The van der Waals surface area contributed by atoms with Crippen molar-refractivity contribution in [2.75, 3.05) is 11.5 Å². The Hall–Kier alpha value is -1.45. The highest BCUT2D eigenvalue weighted by Crippen LogP contribution is 2.13. The van der Waals surface area contributed by atoms with Gasteiger partial charge < -0.3 is 5.32 Å². The molecule has 1 aromatic heterocycles. The molecule has 1 aromatic rings. The van der Waals surface area contributed by atoms with E-state index < -0.39 is 9.84 Å². The summed E-state index contributed by atoms with van der Waals surface area (Å²) < 4.78 is 22.6. The Morgan fingerprint density at radius 2 is 2.17 bits per heavy atom. The first-order chi connectivity index (χ1) is 8.61. The average Bonchev–Trinajstić information content (AvgIpc) is 2.38. The van der Waals surface area contributed by atoms with Gasteiger partial charge in [0.05, 0.1) is 11.5 Å². The average molecular weight is 265 g/mol. The molecule has 5 nitrogen and oxygen atoms in total. The highest BCUT2D eigenvalue weighted by Gasteiger charge is 2.23. The minimum absolute atomic E-state index is 0.209. The van der Waals surface area contributed by atoms with E-state index in [2.05, 4.69) is 10.3 Å². The molecule has 1 aliphatic heterocycles. The van der Waals surface area contributed by atoms with Crippen LogP contribution in [0.2, 0.25) is 0 Å². The molecule has 2 heterocycles. The summed E-state index contributed by atoms with van der Waals surface area (Å²) in [4.78, 5) is 3.99. The molecular formula is C12H15N3O2S. The number of nitrogens with one attached hydrogen (secondary N) is 1. The minimum Gasteiger partial charge on any atom is -0.310 e. The molecule has 1 aliphatic rings. The van der Waals surface area contributed by atoms with Crippen LogP contribution in [0.25, 0.3) is 0 Å². The molecule has 0 saturated carbocycles. The van der Waals surface area contributed by atoms with Gasteiger partial charge in [0.15, 0.2) is 0 Å². The maximum atomic E-state index is 11.3. The second-order valence-corrected chi connectivity index (χ2v) is 6.73. The smallest absolute Gasteiger partial charge is 0.150 e. The Labute approximate surface area is 107 Å². The topological polar surface area (TPSA) is 82.8 Å². The van der Waals surface area contributed by atoms with Gasteiger partial charge >= 0.3 is 0 Å². The van der Waals surface area contributed by atoms with Crippen LogP contribution in [-0.4, -0.2) is 30.9 Å². The van der Waals surface area contributed by atoms with Crippen LogP contribution in [0.3, 0.4) is 0 Å². The molecule has 1 N–H and O–H groups in total. The van der Waals surface area contributed by atoms with Crippen LogP contribution >= 0.6 is 0 Å². The molecule has 2 rings (SSSR count). The molecule has 1 fully saturated rings. The fourth-order valence-corrected chi connectivity index (χ4v) is 3.52. The van der Waals surface area contributed by atoms with E-state index in [-0.39, 0.29) is 17.5 Å². The van der Waals surface area contributed by atoms with Gasteiger partial charge in [0, 0.05) is 24.3 Å². The van der Waals surface area contributed by atoms with Gasteiger partial charge in [-0.25, -0.2) is 13.4 Å². The van der Waals surface area contributed by atoms with Gasteiger partial charge in [0.2, 0.25) is 0 Å². The summed E-state index contributed by atoms with van der Waals surface area (Å²) in [5.74, 6) is 0.506. The zero-order chi connectivity index (χ0) is 13.0. The van der Waals surface area contributed by atoms with E-state index in [1.54, 1.807) is 12.3 Å². The van der Waals surface area contributed by atoms with Gasteiger partial charge in [0.1, 0.15) is 21.6 Å². The van der Waals surface area contributed by atoms with Crippen LogP contribution in [0.15, 0.2) is 18.3 Å². The van der Waals surface area contributed by atoms with Crippen molar-refractivity contribution in [1.82, 2.24) is 10.3 Å². The molecule has 96 valence electrons. The van der Waals surface area contributed by atoms with Gasteiger partial charge in [-0.1, -0.05) is 6.07 Å². The van der Waals surface area contributed by atoms with Crippen molar-refractivity contribution in [3.63, 3.8) is 0 Å². The molecule has 0 aromatic carbocycles. The first-order valence-corrected chi connectivity index (χ1v) is 7.71. The van der Waals surface area contributed by atoms with Crippen molar-refractivity contribution in [2.45, 2.75) is 25.4 Å². The maximum Gasteiger partial charge on any atom is 0.150 e. The van der Waals surface area contributed by atoms with Crippen LogP contribution in [0.4, 0.5) is 0 Å². The molecule has 0 amide bonds. The Kier molecular flexibility index (Phi) is 3.94. The van der Waals surface area contributed by atoms with Crippen LogP contribution in [0.1, 0.15) is 24.1 Å². The predicted octanol–water partition coefficient (Wildman–Crippen LogP) is 0.620. The fraction of sp³-hybridized carbons (Fsp3) is 0.500. The van der Waals surface area contributed by atoms with Crippen molar-refractivity contribution in [3.05, 3.63) is 29.6 Å². The van der Waals surface area contributed by atoms with Crippen LogP contribution in [0, 0.1) is 11.3 Å². The number of nitriles is 1. The molecule has 0 aliphatic carbocycles. The molecule has 0 spiro atoms. The third-order valence-electron chi connectivity index (χ3n) is 3.13. The number of aromatic nitrogens is 1. The maximum absolute atomic E-state index is 11.3. The van der Waals surface area contributed by atoms with Crippen molar-refractivity contribution in [1.29, 1.82) is 5.26 Å². The molecule has 18 heavy (non-hydrogen) atoms. The molecule has 1 saturated heterocycles. The van der Waals surface area contributed by atoms with Crippen LogP contribution < -0.4 is 5.32 Å². The normalized spacial score (nSPS) is 19.3. The highest BCUT2D eigenvalue weighted by molar-refractivity contribution is 7.91. The molecule has 0 unspecified atom stereocenters. The summed E-state index contributed by atoms with van der Waals surface area (Å²) in [5, 5.41) is 12.2. The van der Waals surface area contributed by atoms with E-state index in [1.165, 1.54) is 0 Å². The third kappa shape index (κ3) is 3.28. The quantitative estimate of drug-likeness (QED) is 0.866. The van der Waals surface area contributed by atoms with Gasteiger partial charge in [-0.15, -0.1) is 0 Å². The summed E-state index contributed by atoms with van der Waals surface area (Å²) in [5.41, 5.74) is 1.28. The number of nitrogens with zero attached hydrogens (tertiary/aromatic N) is 2. The van der Waals surface area contributed by atoms with Gasteiger partial charge in [-0.3, -0.25) is 0 Å². The molecule has 0 radical (unpaired) electrons. The minimum atomic E-state index is -2.82. The van der Waals surface area contributed by atoms with Crippen molar-refractivity contribution in [2.24, 2.45) is 0 Å². The highest BCUT2D eigenvalue weighted by atomic mass is 32.2. The molecule has 6 heteroatoms. The molecular weight excluding hydrogens is 250 g/mol. The van der Waals surface area contributed by atoms with E-state index in [0.29, 0.717) is 25.1 Å². The Morgan fingerprint density at radius 1 is 1.44 bits per heavy atom. The molecule has 0 atom stereocenters. The summed E-state index contributed by atoms with van der Waals surface area (Å²) in [6, 6.07) is 5.91. The van der Waals surface area contributed by atoms with Gasteiger partial charge in [-0.05, 0) is 18.9 Å². The van der Waals surface area contributed by atoms with Crippen LogP contribution in [0.5, 0.6) is 0 Å². The Morgan fingerprint density at radius 3 is 2.83 bits per heavy atom. The number of sulfone groups is 1. The van der Waals surface area contributed by atoms with E-state index in [9.17, 15) is 8.42 Å². The monoisotopic (exact) mass is 265 g/mol. The number of rotatable bonds is 3. The first kappa shape index (κ1) is 13.0. The third-order valence-corrected chi connectivity index (χ3v) is 4.85. The lowest BCUT2D eigenvalue weighted by Crippen LogP contribution is -2.37. The lowest BCUT2D eigenvalue weighted by atomic mass is 10.1. The number of hydrogen-bond acceptors (Lipinski definition) is 5. The van der Waals surface area contributed by atoms with E-state index >= 15 is 0 Å².